The molecule has 5 nitrogen and oxygen atoms in total. The van der Waals surface area contributed by atoms with Crippen LogP contribution < -0.4 is 5.32 Å². The molecule has 0 atom stereocenters. The van der Waals surface area contributed by atoms with Gasteiger partial charge in [-0.15, -0.1) is 0 Å². The number of unbranched alkanes of at least 4 members (excludes halogenated alkanes) is 2. The Hall–Kier alpha value is -0.620. The van der Waals surface area contributed by atoms with Crippen molar-refractivity contribution in [1.82, 2.24) is 9.62 Å². The molecule has 1 rings (SSSR count). The summed E-state index contributed by atoms with van der Waals surface area (Å²) in [6, 6.07) is 0. The number of hydrogen-bond acceptors (Lipinski definition) is 3. The van der Waals surface area contributed by atoms with E-state index < -0.39 is 10.0 Å². The Kier molecular flexibility index (Phi) is 6.08. The normalized spacial score (nSPS) is 15.9. The second-order valence-corrected chi connectivity index (χ2v) is 6.92. The number of rotatable bonds is 9. The summed E-state index contributed by atoms with van der Waals surface area (Å²) in [5, 5.41) is 2.79. The standard InChI is InChI=1S/C12H24N2O3S/c1-3-4-5-9-14(18(2,16)17)10-8-13-12(15)11-6-7-11/h11H,3-10H2,1-2H3,(H,13,15). The van der Waals surface area contributed by atoms with Gasteiger partial charge in [0.1, 0.15) is 0 Å². The van der Waals surface area contributed by atoms with E-state index in [0.29, 0.717) is 19.6 Å². The summed E-state index contributed by atoms with van der Waals surface area (Å²) in [7, 11) is -3.17. The van der Waals surface area contributed by atoms with Crippen LogP contribution >= 0.6 is 0 Å². The first-order valence-corrected chi connectivity index (χ1v) is 8.52. The molecule has 106 valence electrons. The van der Waals surface area contributed by atoms with Crippen molar-refractivity contribution in [2.75, 3.05) is 25.9 Å². The van der Waals surface area contributed by atoms with E-state index in [-0.39, 0.29) is 11.8 Å². The van der Waals surface area contributed by atoms with Gasteiger partial charge in [-0.3, -0.25) is 4.79 Å². The van der Waals surface area contributed by atoms with Gasteiger partial charge in [0.2, 0.25) is 15.9 Å². The number of nitrogens with one attached hydrogen (secondary N) is 1. The molecule has 0 spiro atoms. The highest BCUT2D eigenvalue weighted by Crippen LogP contribution is 2.28. The van der Waals surface area contributed by atoms with E-state index in [2.05, 4.69) is 12.2 Å². The molecule has 1 N–H and O–H groups in total. The SMILES string of the molecule is CCCCCN(CCNC(=O)C1CC1)S(C)(=O)=O. The van der Waals surface area contributed by atoms with E-state index in [9.17, 15) is 13.2 Å². The first-order valence-electron chi connectivity index (χ1n) is 6.68. The zero-order chi connectivity index (χ0) is 13.6. The second-order valence-electron chi connectivity index (χ2n) is 4.93. The fraction of sp³-hybridized carbons (Fsp3) is 0.917. The van der Waals surface area contributed by atoms with Gasteiger partial charge in [0.25, 0.3) is 0 Å². The van der Waals surface area contributed by atoms with Crippen LogP contribution in [0.2, 0.25) is 0 Å². The van der Waals surface area contributed by atoms with E-state index in [1.54, 1.807) is 0 Å². The van der Waals surface area contributed by atoms with Crippen molar-refractivity contribution in [3.8, 4) is 0 Å². The summed E-state index contributed by atoms with van der Waals surface area (Å²) in [4.78, 5) is 11.4. The van der Waals surface area contributed by atoms with E-state index >= 15 is 0 Å². The largest absolute Gasteiger partial charge is 0.355 e. The molecule has 0 heterocycles. The number of nitrogens with zero attached hydrogens (tertiary/aromatic N) is 1. The van der Waals surface area contributed by atoms with Gasteiger partial charge in [-0.1, -0.05) is 19.8 Å². The van der Waals surface area contributed by atoms with Crippen LogP contribution in [0.1, 0.15) is 39.0 Å². The van der Waals surface area contributed by atoms with E-state index in [4.69, 9.17) is 0 Å². The Morgan fingerprint density at radius 2 is 1.94 bits per heavy atom. The van der Waals surface area contributed by atoms with Gasteiger partial charge < -0.3 is 5.32 Å². The Bertz CT molecular complexity index is 364. The molecular weight excluding hydrogens is 252 g/mol. The fourth-order valence-electron chi connectivity index (χ4n) is 1.78. The van der Waals surface area contributed by atoms with Crippen LogP contribution in [0.25, 0.3) is 0 Å². The first kappa shape index (κ1) is 15.4. The lowest BCUT2D eigenvalue weighted by atomic mass is 10.2. The zero-order valence-corrected chi connectivity index (χ0v) is 12.1. The summed E-state index contributed by atoms with van der Waals surface area (Å²) >= 11 is 0. The molecular formula is C12H24N2O3S. The van der Waals surface area contributed by atoms with Gasteiger partial charge in [-0.25, -0.2) is 12.7 Å². The van der Waals surface area contributed by atoms with Gasteiger partial charge in [0.05, 0.1) is 6.26 Å². The van der Waals surface area contributed by atoms with Crippen molar-refractivity contribution < 1.29 is 13.2 Å². The number of carbonyl (C=O) groups is 1. The van der Waals surface area contributed by atoms with Gasteiger partial charge in [-0.05, 0) is 19.3 Å². The van der Waals surface area contributed by atoms with E-state index in [0.717, 1.165) is 32.1 Å². The summed E-state index contributed by atoms with van der Waals surface area (Å²) in [5.41, 5.74) is 0. The molecule has 1 aliphatic carbocycles. The van der Waals surface area contributed by atoms with Crippen molar-refractivity contribution in [3.63, 3.8) is 0 Å². The van der Waals surface area contributed by atoms with Crippen molar-refractivity contribution >= 4 is 15.9 Å². The second kappa shape index (κ2) is 7.09. The highest BCUT2D eigenvalue weighted by atomic mass is 32.2. The van der Waals surface area contributed by atoms with Crippen LogP contribution in [0.5, 0.6) is 0 Å². The molecule has 1 saturated carbocycles. The summed E-state index contributed by atoms with van der Waals surface area (Å²) in [6.45, 7) is 3.42. The molecule has 1 aliphatic rings. The number of carbonyl (C=O) groups excluding carboxylic acids is 1. The molecule has 0 unspecified atom stereocenters. The predicted molar refractivity (Wildman–Crippen MR) is 71.7 cm³/mol. The minimum Gasteiger partial charge on any atom is -0.355 e. The third kappa shape index (κ3) is 5.82. The molecule has 0 saturated heterocycles. The molecule has 0 radical (unpaired) electrons. The lowest BCUT2D eigenvalue weighted by Crippen LogP contribution is -2.39. The third-order valence-corrected chi connectivity index (χ3v) is 4.39. The molecule has 6 heteroatoms. The molecule has 0 aromatic carbocycles. The Labute approximate surface area is 110 Å². The van der Waals surface area contributed by atoms with Crippen molar-refractivity contribution in [3.05, 3.63) is 0 Å². The van der Waals surface area contributed by atoms with Gasteiger partial charge >= 0.3 is 0 Å². The molecule has 1 fully saturated rings. The fourth-order valence-corrected chi connectivity index (χ4v) is 2.66. The zero-order valence-electron chi connectivity index (χ0n) is 11.3. The van der Waals surface area contributed by atoms with Crippen molar-refractivity contribution in [1.29, 1.82) is 0 Å². The highest BCUT2D eigenvalue weighted by Gasteiger charge is 2.29. The average molecular weight is 276 g/mol. The molecule has 0 bridgehead atoms. The predicted octanol–water partition coefficient (Wildman–Crippen LogP) is 0.964. The van der Waals surface area contributed by atoms with Gasteiger partial charge in [-0.2, -0.15) is 0 Å². The number of sulfonamides is 1. The third-order valence-electron chi connectivity index (χ3n) is 3.09. The van der Waals surface area contributed by atoms with Crippen LogP contribution in [0.3, 0.4) is 0 Å². The maximum Gasteiger partial charge on any atom is 0.223 e. The number of amides is 1. The van der Waals surface area contributed by atoms with Crippen LogP contribution in [0, 0.1) is 5.92 Å². The monoisotopic (exact) mass is 276 g/mol. The minimum absolute atomic E-state index is 0.0667. The molecule has 18 heavy (non-hydrogen) atoms. The van der Waals surface area contributed by atoms with Crippen LogP contribution in [0.15, 0.2) is 0 Å². The van der Waals surface area contributed by atoms with Crippen molar-refractivity contribution in [2.45, 2.75) is 39.0 Å². The van der Waals surface area contributed by atoms with Crippen molar-refractivity contribution in [2.24, 2.45) is 5.92 Å². The lowest BCUT2D eigenvalue weighted by molar-refractivity contribution is -0.122. The molecule has 0 aliphatic heterocycles. The molecule has 1 amide bonds. The summed E-state index contributed by atoms with van der Waals surface area (Å²) in [6.07, 6.45) is 6.13. The average Bonchev–Trinajstić information content (AvgIpc) is 3.09. The lowest BCUT2D eigenvalue weighted by Gasteiger charge is -2.20. The maximum absolute atomic E-state index is 11.6. The molecule has 0 aromatic heterocycles. The first-order chi connectivity index (χ1) is 8.45. The van der Waals surface area contributed by atoms with E-state index in [1.807, 2.05) is 0 Å². The van der Waals surface area contributed by atoms with Gasteiger partial charge in [0.15, 0.2) is 0 Å². The van der Waals surface area contributed by atoms with Gasteiger partial charge in [0, 0.05) is 25.6 Å². The Morgan fingerprint density at radius 1 is 1.28 bits per heavy atom. The minimum atomic E-state index is -3.17. The highest BCUT2D eigenvalue weighted by molar-refractivity contribution is 7.88. The Morgan fingerprint density at radius 3 is 2.44 bits per heavy atom. The van der Waals surface area contributed by atoms with Crippen LogP contribution in [-0.2, 0) is 14.8 Å². The summed E-state index contributed by atoms with van der Waals surface area (Å²) < 4.78 is 24.6. The molecule has 0 aromatic rings. The van der Waals surface area contributed by atoms with Crippen LogP contribution in [-0.4, -0.2) is 44.5 Å². The summed E-state index contributed by atoms with van der Waals surface area (Å²) in [5.74, 6) is 0.244. The smallest absolute Gasteiger partial charge is 0.223 e. The number of hydrogen-bond donors (Lipinski definition) is 1. The topological polar surface area (TPSA) is 66.5 Å². The van der Waals surface area contributed by atoms with E-state index in [1.165, 1.54) is 10.6 Å². The van der Waals surface area contributed by atoms with Crippen LogP contribution in [0.4, 0.5) is 0 Å². The maximum atomic E-state index is 11.6. The Balaban J connectivity index is 2.28. The quantitative estimate of drug-likeness (QED) is 0.638.